The molecule has 1 saturated heterocycles. The first-order valence-corrected chi connectivity index (χ1v) is 8.92. The molecule has 2 heterocycles. The molecule has 1 aromatic rings. The summed E-state index contributed by atoms with van der Waals surface area (Å²) in [5.74, 6) is 1.25. The predicted octanol–water partition coefficient (Wildman–Crippen LogP) is 3.10. The van der Waals surface area contributed by atoms with Crippen molar-refractivity contribution in [3.05, 3.63) is 38.8 Å². The van der Waals surface area contributed by atoms with Crippen molar-refractivity contribution in [3.63, 3.8) is 0 Å². The zero-order valence-corrected chi connectivity index (χ0v) is 15.3. The number of rotatable bonds is 2. The number of hydrogen-bond acceptors (Lipinski definition) is 5. The Labute approximate surface area is 148 Å². The SMILES string of the molecule is COc1ccc(Br)cc1[C@@H]1CC(=O)N2CN(C)CSC2=C1C#N. The second kappa shape index (κ2) is 6.56. The van der Waals surface area contributed by atoms with Crippen LogP contribution in [0.3, 0.4) is 0 Å². The predicted molar refractivity (Wildman–Crippen MR) is 92.6 cm³/mol. The molecule has 1 fully saturated rings. The van der Waals surface area contributed by atoms with Crippen LogP contribution < -0.4 is 4.74 Å². The lowest BCUT2D eigenvalue weighted by atomic mass is 9.86. The van der Waals surface area contributed by atoms with Gasteiger partial charge in [0.25, 0.3) is 0 Å². The first-order valence-electron chi connectivity index (χ1n) is 7.14. The van der Waals surface area contributed by atoms with Gasteiger partial charge in [0.15, 0.2) is 0 Å². The van der Waals surface area contributed by atoms with Crippen LogP contribution in [0.4, 0.5) is 0 Å². The summed E-state index contributed by atoms with van der Waals surface area (Å²) in [4.78, 5) is 16.4. The molecule has 1 amide bonds. The molecule has 0 radical (unpaired) electrons. The van der Waals surface area contributed by atoms with E-state index < -0.39 is 0 Å². The van der Waals surface area contributed by atoms with Crippen molar-refractivity contribution in [2.75, 3.05) is 26.7 Å². The fourth-order valence-electron chi connectivity index (χ4n) is 2.92. The minimum absolute atomic E-state index is 0.0464. The summed E-state index contributed by atoms with van der Waals surface area (Å²) < 4.78 is 6.35. The van der Waals surface area contributed by atoms with Gasteiger partial charge in [-0.3, -0.25) is 14.6 Å². The van der Waals surface area contributed by atoms with E-state index in [1.165, 1.54) is 0 Å². The third-order valence-corrected chi connectivity index (χ3v) is 5.77. The Morgan fingerprint density at radius 2 is 2.26 bits per heavy atom. The molecule has 0 saturated carbocycles. The quantitative estimate of drug-likeness (QED) is 0.772. The van der Waals surface area contributed by atoms with Gasteiger partial charge in [0.05, 0.1) is 36.3 Å². The van der Waals surface area contributed by atoms with Gasteiger partial charge in [0.1, 0.15) is 5.75 Å². The van der Waals surface area contributed by atoms with E-state index in [2.05, 4.69) is 26.9 Å². The Morgan fingerprint density at radius 1 is 1.48 bits per heavy atom. The zero-order valence-electron chi connectivity index (χ0n) is 12.9. The Morgan fingerprint density at radius 3 is 2.96 bits per heavy atom. The maximum absolute atomic E-state index is 12.6. The molecule has 0 unspecified atom stereocenters. The van der Waals surface area contributed by atoms with Crippen LogP contribution >= 0.6 is 27.7 Å². The van der Waals surface area contributed by atoms with Crippen LogP contribution in [0.15, 0.2) is 33.3 Å². The van der Waals surface area contributed by atoms with E-state index in [1.54, 1.807) is 23.8 Å². The summed E-state index contributed by atoms with van der Waals surface area (Å²) in [6.45, 7) is 0.536. The van der Waals surface area contributed by atoms with Crippen molar-refractivity contribution in [2.24, 2.45) is 0 Å². The van der Waals surface area contributed by atoms with Gasteiger partial charge in [-0.2, -0.15) is 5.26 Å². The van der Waals surface area contributed by atoms with E-state index >= 15 is 0 Å². The van der Waals surface area contributed by atoms with Crippen molar-refractivity contribution < 1.29 is 9.53 Å². The summed E-state index contributed by atoms with van der Waals surface area (Å²) in [5, 5.41) is 10.5. The van der Waals surface area contributed by atoms with Crippen molar-refractivity contribution >= 4 is 33.6 Å². The number of benzene rings is 1. The Kier molecular flexibility index (Phi) is 4.67. The highest BCUT2D eigenvalue weighted by atomic mass is 79.9. The molecule has 0 aromatic heterocycles. The highest BCUT2D eigenvalue weighted by Crippen LogP contribution is 2.44. The highest BCUT2D eigenvalue weighted by Gasteiger charge is 2.38. The fourth-order valence-corrected chi connectivity index (χ4v) is 4.38. The molecule has 0 N–H and O–H groups in total. The minimum atomic E-state index is -0.262. The Balaban J connectivity index is 2.11. The van der Waals surface area contributed by atoms with Gasteiger partial charge in [-0.1, -0.05) is 27.7 Å². The molecule has 2 aliphatic rings. The lowest BCUT2D eigenvalue weighted by Gasteiger charge is -2.40. The van der Waals surface area contributed by atoms with Gasteiger partial charge in [0.2, 0.25) is 5.91 Å². The van der Waals surface area contributed by atoms with Gasteiger partial charge in [-0.15, -0.1) is 0 Å². The molecule has 0 bridgehead atoms. The lowest BCUT2D eigenvalue weighted by Crippen LogP contribution is -2.45. The van der Waals surface area contributed by atoms with Gasteiger partial charge >= 0.3 is 0 Å². The molecule has 5 nitrogen and oxygen atoms in total. The number of thioether (sulfide) groups is 1. The molecule has 1 atom stereocenters. The second-order valence-corrected chi connectivity index (χ2v) is 7.42. The second-order valence-electron chi connectivity index (χ2n) is 5.57. The number of allylic oxidation sites excluding steroid dienone is 1. The third kappa shape index (κ3) is 2.99. The Hall–Kier alpha value is -1.49. The van der Waals surface area contributed by atoms with Crippen LogP contribution in [0.1, 0.15) is 17.9 Å². The minimum Gasteiger partial charge on any atom is -0.496 e. The number of fused-ring (bicyclic) bond motifs is 1. The van der Waals surface area contributed by atoms with E-state index in [9.17, 15) is 10.1 Å². The van der Waals surface area contributed by atoms with E-state index in [4.69, 9.17) is 4.74 Å². The van der Waals surface area contributed by atoms with Crippen molar-refractivity contribution in [3.8, 4) is 11.8 Å². The smallest absolute Gasteiger partial charge is 0.229 e. The molecule has 1 aromatic carbocycles. The first kappa shape index (κ1) is 16.4. The maximum Gasteiger partial charge on any atom is 0.229 e. The number of ether oxygens (including phenoxy) is 1. The molecular formula is C16H16BrN3O2S. The first-order chi connectivity index (χ1) is 11.0. The van der Waals surface area contributed by atoms with E-state index in [0.717, 1.165) is 20.9 Å². The molecule has 0 spiro atoms. The topological polar surface area (TPSA) is 56.6 Å². The van der Waals surface area contributed by atoms with Crippen molar-refractivity contribution in [1.29, 1.82) is 5.26 Å². The van der Waals surface area contributed by atoms with Crippen molar-refractivity contribution in [2.45, 2.75) is 12.3 Å². The molecule has 3 rings (SSSR count). The average molecular weight is 394 g/mol. The lowest BCUT2D eigenvalue weighted by molar-refractivity contribution is -0.131. The normalized spacial score (nSPS) is 21.9. The standard InChI is InChI=1S/C16H16BrN3O2S/c1-19-8-20-15(21)6-11(13(7-18)16(20)23-9-19)12-5-10(17)3-4-14(12)22-2/h3-5,11H,6,8-9H2,1-2H3/t11-/m0/s1. The van der Waals surface area contributed by atoms with Crippen LogP contribution in [0.5, 0.6) is 5.75 Å². The Bertz CT molecular complexity index is 729. The summed E-state index contributed by atoms with van der Waals surface area (Å²) in [6, 6.07) is 8.02. The van der Waals surface area contributed by atoms with Gasteiger partial charge in [-0.25, -0.2) is 0 Å². The number of carbonyl (C=O) groups excluding carboxylic acids is 1. The molecule has 2 aliphatic heterocycles. The number of methoxy groups -OCH3 is 1. The highest BCUT2D eigenvalue weighted by molar-refractivity contribution is 9.10. The number of halogens is 1. The molecule has 7 heteroatoms. The van der Waals surface area contributed by atoms with Crippen molar-refractivity contribution in [1.82, 2.24) is 9.80 Å². The summed E-state index contributed by atoms with van der Waals surface area (Å²) in [5.41, 5.74) is 1.53. The summed E-state index contributed by atoms with van der Waals surface area (Å²) in [6.07, 6.45) is 0.285. The number of nitrogens with zero attached hydrogens (tertiary/aromatic N) is 3. The summed E-state index contributed by atoms with van der Waals surface area (Å²) in [7, 11) is 3.57. The van der Waals surface area contributed by atoms with E-state index in [-0.39, 0.29) is 18.2 Å². The average Bonchev–Trinajstić information content (AvgIpc) is 2.55. The van der Waals surface area contributed by atoms with Crippen LogP contribution in [0.2, 0.25) is 0 Å². The molecule has 120 valence electrons. The van der Waals surface area contributed by atoms with E-state index in [0.29, 0.717) is 18.0 Å². The fraction of sp³-hybridized carbons (Fsp3) is 0.375. The summed E-state index contributed by atoms with van der Waals surface area (Å²) >= 11 is 5.01. The van der Waals surface area contributed by atoms with Crippen LogP contribution in [-0.2, 0) is 4.79 Å². The van der Waals surface area contributed by atoms with Crippen LogP contribution in [0, 0.1) is 11.3 Å². The van der Waals surface area contributed by atoms with Gasteiger partial charge in [0, 0.05) is 22.4 Å². The monoisotopic (exact) mass is 393 g/mol. The van der Waals surface area contributed by atoms with Gasteiger partial charge in [-0.05, 0) is 25.2 Å². The number of carbonyl (C=O) groups is 1. The molecule has 23 heavy (non-hydrogen) atoms. The zero-order chi connectivity index (χ0) is 16.6. The maximum atomic E-state index is 12.6. The van der Waals surface area contributed by atoms with Crippen LogP contribution in [0.25, 0.3) is 0 Å². The number of nitriles is 1. The van der Waals surface area contributed by atoms with Crippen LogP contribution in [-0.4, -0.2) is 42.4 Å². The molecular weight excluding hydrogens is 378 g/mol. The number of amides is 1. The largest absolute Gasteiger partial charge is 0.496 e. The molecule has 0 aliphatic carbocycles. The third-order valence-electron chi connectivity index (χ3n) is 4.00. The van der Waals surface area contributed by atoms with Gasteiger partial charge < -0.3 is 4.74 Å². The van der Waals surface area contributed by atoms with E-state index in [1.807, 2.05) is 25.2 Å². The number of hydrogen-bond donors (Lipinski definition) is 0.